The van der Waals surface area contributed by atoms with Gasteiger partial charge >= 0.3 is 0 Å². The lowest BCUT2D eigenvalue weighted by atomic mass is 10.2. The number of primary amides is 1. The molecule has 0 saturated carbocycles. The van der Waals surface area contributed by atoms with Gasteiger partial charge < -0.3 is 10.5 Å². The van der Waals surface area contributed by atoms with Crippen LogP contribution in [0.2, 0.25) is 0 Å². The second-order valence-electron chi connectivity index (χ2n) is 3.58. The molecule has 0 unspecified atom stereocenters. The SMILES string of the molecule is Cc1cccc(OCCS[C@H](C)C(N)=O)c1. The molecule has 0 aromatic heterocycles. The Hall–Kier alpha value is -1.16. The molecule has 3 nitrogen and oxygen atoms in total. The minimum absolute atomic E-state index is 0.152. The number of aryl methyl sites for hydroxylation is 1. The van der Waals surface area contributed by atoms with Crippen molar-refractivity contribution in [3.8, 4) is 5.75 Å². The Kier molecular flexibility index (Phi) is 5.19. The highest BCUT2D eigenvalue weighted by atomic mass is 32.2. The van der Waals surface area contributed by atoms with Crippen LogP contribution in [0.1, 0.15) is 12.5 Å². The predicted octanol–water partition coefficient (Wildman–Crippen LogP) is 1.98. The number of nitrogens with two attached hydrogens (primary N) is 1. The summed E-state index contributed by atoms with van der Waals surface area (Å²) in [4.78, 5) is 10.8. The van der Waals surface area contributed by atoms with Crippen LogP contribution in [-0.2, 0) is 4.79 Å². The molecule has 4 heteroatoms. The van der Waals surface area contributed by atoms with Gasteiger partial charge in [0.1, 0.15) is 5.75 Å². The van der Waals surface area contributed by atoms with Crippen molar-refractivity contribution in [1.82, 2.24) is 0 Å². The summed E-state index contributed by atoms with van der Waals surface area (Å²) in [6, 6.07) is 7.90. The normalized spacial score (nSPS) is 12.1. The summed E-state index contributed by atoms with van der Waals surface area (Å²) < 4.78 is 5.54. The largest absolute Gasteiger partial charge is 0.493 e. The molecule has 1 aromatic rings. The first kappa shape index (κ1) is 12.9. The van der Waals surface area contributed by atoms with Crippen LogP contribution in [0.3, 0.4) is 0 Å². The fraction of sp³-hybridized carbons (Fsp3) is 0.417. The fourth-order valence-electron chi connectivity index (χ4n) is 1.17. The van der Waals surface area contributed by atoms with E-state index in [0.29, 0.717) is 6.61 Å². The Morgan fingerprint density at radius 3 is 2.94 bits per heavy atom. The Labute approximate surface area is 100 Å². The van der Waals surface area contributed by atoms with E-state index in [1.807, 2.05) is 31.2 Å². The first-order valence-corrected chi connectivity index (χ1v) is 6.25. The minimum Gasteiger partial charge on any atom is -0.493 e. The molecule has 88 valence electrons. The molecule has 1 amide bonds. The van der Waals surface area contributed by atoms with E-state index in [-0.39, 0.29) is 11.2 Å². The molecule has 1 aromatic carbocycles. The average Bonchev–Trinajstić information content (AvgIpc) is 2.24. The predicted molar refractivity (Wildman–Crippen MR) is 67.8 cm³/mol. The van der Waals surface area contributed by atoms with E-state index in [1.54, 1.807) is 6.92 Å². The molecule has 0 spiro atoms. The lowest BCUT2D eigenvalue weighted by Crippen LogP contribution is -2.23. The van der Waals surface area contributed by atoms with Crippen LogP contribution in [0.15, 0.2) is 24.3 Å². The van der Waals surface area contributed by atoms with E-state index < -0.39 is 0 Å². The monoisotopic (exact) mass is 239 g/mol. The summed E-state index contributed by atoms with van der Waals surface area (Å²) in [5, 5.41) is -0.152. The summed E-state index contributed by atoms with van der Waals surface area (Å²) in [5.74, 6) is 1.35. The van der Waals surface area contributed by atoms with Gasteiger partial charge in [-0.05, 0) is 31.5 Å². The topological polar surface area (TPSA) is 52.3 Å². The van der Waals surface area contributed by atoms with Crippen molar-refractivity contribution in [2.75, 3.05) is 12.4 Å². The number of hydrogen-bond acceptors (Lipinski definition) is 3. The van der Waals surface area contributed by atoms with Gasteiger partial charge in [0, 0.05) is 5.75 Å². The van der Waals surface area contributed by atoms with Crippen LogP contribution in [0.25, 0.3) is 0 Å². The molecule has 16 heavy (non-hydrogen) atoms. The average molecular weight is 239 g/mol. The highest BCUT2D eigenvalue weighted by Crippen LogP contribution is 2.14. The molecule has 2 N–H and O–H groups in total. The number of thioether (sulfide) groups is 1. The fourth-order valence-corrected chi connectivity index (χ4v) is 1.87. The molecule has 0 fully saturated rings. The zero-order valence-electron chi connectivity index (χ0n) is 9.60. The van der Waals surface area contributed by atoms with Crippen LogP contribution in [-0.4, -0.2) is 23.5 Å². The standard InChI is InChI=1S/C12H17NO2S/c1-9-4-3-5-11(8-9)15-6-7-16-10(2)12(13)14/h3-5,8,10H,6-7H2,1-2H3,(H2,13,14)/t10-/m1/s1. The number of amides is 1. The van der Waals surface area contributed by atoms with Gasteiger partial charge in [-0.15, -0.1) is 11.8 Å². The maximum Gasteiger partial charge on any atom is 0.230 e. The summed E-state index contributed by atoms with van der Waals surface area (Å²) in [6.45, 7) is 4.42. The van der Waals surface area contributed by atoms with Crippen molar-refractivity contribution in [3.05, 3.63) is 29.8 Å². The maximum absolute atomic E-state index is 10.8. The quantitative estimate of drug-likeness (QED) is 0.772. The van der Waals surface area contributed by atoms with Crippen LogP contribution < -0.4 is 10.5 Å². The van der Waals surface area contributed by atoms with Gasteiger partial charge in [-0.25, -0.2) is 0 Å². The third kappa shape index (κ3) is 4.57. The van der Waals surface area contributed by atoms with E-state index in [4.69, 9.17) is 10.5 Å². The molecule has 0 heterocycles. The number of ether oxygens (including phenoxy) is 1. The van der Waals surface area contributed by atoms with Gasteiger partial charge in [0.05, 0.1) is 11.9 Å². The van der Waals surface area contributed by atoms with Crippen LogP contribution in [0.5, 0.6) is 5.75 Å². The van der Waals surface area contributed by atoms with E-state index in [9.17, 15) is 4.79 Å². The molecule has 1 atom stereocenters. The lowest BCUT2D eigenvalue weighted by molar-refractivity contribution is -0.117. The number of carbonyl (C=O) groups excluding carboxylic acids is 1. The molecule has 1 rings (SSSR count). The Bertz CT molecular complexity index is 355. The van der Waals surface area contributed by atoms with Gasteiger partial charge in [-0.1, -0.05) is 12.1 Å². The molecular weight excluding hydrogens is 222 g/mol. The lowest BCUT2D eigenvalue weighted by Gasteiger charge is -2.08. The Morgan fingerprint density at radius 2 is 2.31 bits per heavy atom. The van der Waals surface area contributed by atoms with Gasteiger partial charge in [0.2, 0.25) is 5.91 Å². The van der Waals surface area contributed by atoms with Crippen molar-refractivity contribution >= 4 is 17.7 Å². The molecule has 0 radical (unpaired) electrons. The van der Waals surface area contributed by atoms with E-state index >= 15 is 0 Å². The summed E-state index contributed by atoms with van der Waals surface area (Å²) in [5.41, 5.74) is 6.33. The summed E-state index contributed by atoms with van der Waals surface area (Å²) >= 11 is 1.51. The van der Waals surface area contributed by atoms with Crippen molar-refractivity contribution in [3.63, 3.8) is 0 Å². The van der Waals surface area contributed by atoms with Crippen molar-refractivity contribution < 1.29 is 9.53 Å². The first-order valence-electron chi connectivity index (χ1n) is 5.20. The summed E-state index contributed by atoms with van der Waals surface area (Å²) in [7, 11) is 0. The molecule has 0 aliphatic carbocycles. The van der Waals surface area contributed by atoms with E-state index in [1.165, 1.54) is 17.3 Å². The Balaban J connectivity index is 2.23. The van der Waals surface area contributed by atoms with Gasteiger partial charge in [-0.2, -0.15) is 0 Å². The number of benzene rings is 1. The third-order valence-corrected chi connectivity index (χ3v) is 3.24. The highest BCUT2D eigenvalue weighted by Gasteiger charge is 2.07. The van der Waals surface area contributed by atoms with E-state index in [2.05, 4.69) is 0 Å². The van der Waals surface area contributed by atoms with Crippen LogP contribution in [0.4, 0.5) is 0 Å². The van der Waals surface area contributed by atoms with Crippen molar-refractivity contribution in [1.29, 1.82) is 0 Å². The number of rotatable bonds is 6. The molecule has 0 bridgehead atoms. The van der Waals surface area contributed by atoms with Crippen molar-refractivity contribution in [2.45, 2.75) is 19.1 Å². The van der Waals surface area contributed by atoms with Gasteiger partial charge in [0.15, 0.2) is 0 Å². The minimum atomic E-state index is -0.277. The molecular formula is C12H17NO2S. The van der Waals surface area contributed by atoms with Gasteiger partial charge in [-0.3, -0.25) is 4.79 Å². The molecule has 0 aliphatic rings. The maximum atomic E-state index is 10.8. The molecule has 0 aliphatic heterocycles. The zero-order valence-corrected chi connectivity index (χ0v) is 10.4. The van der Waals surface area contributed by atoms with Crippen molar-refractivity contribution in [2.24, 2.45) is 5.73 Å². The number of carbonyl (C=O) groups is 1. The molecule has 0 saturated heterocycles. The third-order valence-electron chi connectivity index (χ3n) is 2.11. The highest BCUT2D eigenvalue weighted by molar-refractivity contribution is 8.00. The Morgan fingerprint density at radius 1 is 1.56 bits per heavy atom. The van der Waals surface area contributed by atoms with Crippen LogP contribution >= 0.6 is 11.8 Å². The summed E-state index contributed by atoms with van der Waals surface area (Å²) in [6.07, 6.45) is 0. The van der Waals surface area contributed by atoms with Crippen LogP contribution in [0, 0.1) is 6.92 Å². The second-order valence-corrected chi connectivity index (χ2v) is 5.03. The smallest absolute Gasteiger partial charge is 0.230 e. The second kappa shape index (κ2) is 6.43. The van der Waals surface area contributed by atoms with E-state index in [0.717, 1.165) is 11.5 Å². The first-order chi connectivity index (χ1) is 7.59. The zero-order chi connectivity index (χ0) is 12.0. The van der Waals surface area contributed by atoms with Gasteiger partial charge in [0.25, 0.3) is 0 Å². The number of hydrogen-bond donors (Lipinski definition) is 1.